The zero-order valence-corrected chi connectivity index (χ0v) is 11.9. The molecular formula is C18H13F3N. The molecule has 0 spiro atoms. The maximum atomic E-state index is 13.1. The number of halogens is 3. The van der Waals surface area contributed by atoms with E-state index in [1.165, 1.54) is 17.8 Å². The van der Waals surface area contributed by atoms with Crippen LogP contribution in [0.5, 0.6) is 0 Å². The van der Waals surface area contributed by atoms with Crippen LogP contribution in [0.4, 0.5) is 13.2 Å². The number of fused-ring (bicyclic) bond motifs is 1. The summed E-state index contributed by atoms with van der Waals surface area (Å²) in [6, 6.07) is 14.8. The summed E-state index contributed by atoms with van der Waals surface area (Å²) in [6.45, 7) is 2.05. The van der Waals surface area contributed by atoms with E-state index in [0.717, 1.165) is 18.1 Å². The van der Waals surface area contributed by atoms with E-state index in [1.54, 1.807) is 6.07 Å². The summed E-state index contributed by atoms with van der Waals surface area (Å²) in [6.07, 6.45) is -2.20. The highest BCUT2D eigenvalue weighted by molar-refractivity contribution is 5.95. The topological polar surface area (TPSA) is 12.9 Å². The van der Waals surface area contributed by atoms with Crippen molar-refractivity contribution in [1.82, 2.24) is 4.98 Å². The van der Waals surface area contributed by atoms with E-state index in [9.17, 15) is 13.2 Å². The van der Waals surface area contributed by atoms with Crippen LogP contribution < -0.4 is 0 Å². The van der Waals surface area contributed by atoms with Gasteiger partial charge in [0.05, 0.1) is 11.1 Å². The molecule has 0 aliphatic heterocycles. The molecule has 22 heavy (non-hydrogen) atoms. The molecule has 0 bridgehead atoms. The standard InChI is InChI=1S/C18H13F3N/c1-2-12-6-8-13(9-7-12)14-10-11-22-17-15(14)4-3-5-16(17)18(19,20)21/h3-9,11H,2H2,1H3. The van der Waals surface area contributed by atoms with Gasteiger partial charge in [0.25, 0.3) is 0 Å². The Balaban J connectivity index is 2.22. The average molecular weight is 300 g/mol. The molecule has 4 heteroatoms. The van der Waals surface area contributed by atoms with Crippen LogP contribution in [0.15, 0.2) is 48.7 Å². The number of hydrogen-bond acceptors (Lipinski definition) is 1. The Morgan fingerprint density at radius 3 is 2.41 bits per heavy atom. The predicted octanol–water partition coefficient (Wildman–Crippen LogP) is 5.28. The van der Waals surface area contributed by atoms with Gasteiger partial charge in [-0.05, 0) is 23.6 Å². The fourth-order valence-electron chi connectivity index (χ4n) is 2.50. The fourth-order valence-corrected chi connectivity index (χ4v) is 2.50. The van der Waals surface area contributed by atoms with Gasteiger partial charge >= 0.3 is 6.18 Å². The summed E-state index contributed by atoms with van der Waals surface area (Å²) >= 11 is 0. The molecule has 0 atom stereocenters. The van der Waals surface area contributed by atoms with Gasteiger partial charge in [0.1, 0.15) is 0 Å². The molecule has 1 radical (unpaired) electrons. The van der Waals surface area contributed by atoms with Crippen LogP contribution in [0.1, 0.15) is 18.1 Å². The zero-order chi connectivity index (χ0) is 15.7. The monoisotopic (exact) mass is 300 g/mol. The van der Waals surface area contributed by atoms with Crippen molar-refractivity contribution in [3.63, 3.8) is 0 Å². The third kappa shape index (κ3) is 2.56. The number of para-hydroxylation sites is 1. The summed E-state index contributed by atoms with van der Waals surface area (Å²) in [7, 11) is 0. The fraction of sp³-hybridized carbons (Fsp3) is 0.167. The summed E-state index contributed by atoms with van der Waals surface area (Å²) in [5.74, 6) is 0. The Morgan fingerprint density at radius 2 is 1.77 bits per heavy atom. The Hall–Kier alpha value is -2.36. The van der Waals surface area contributed by atoms with Gasteiger partial charge < -0.3 is 0 Å². The molecule has 0 fully saturated rings. The van der Waals surface area contributed by atoms with Crippen molar-refractivity contribution in [2.24, 2.45) is 0 Å². The van der Waals surface area contributed by atoms with Crippen LogP contribution in [0.2, 0.25) is 0 Å². The number of nitrogens with zero attached hydrogens (tertiary/aromatic N) is 1. The van der Waals surface area contributed by atoms with Crippen LogP contribution >= 0.6 is 0 Å². The molecule has 3 aromatic rings. The first kappa shape index (κ1) is 14.6. The SMILES string of the molecule is CCc1ccc(-c2[c]cnc3c(C(F)(F)F)cccc23)cc1. The highest BCUT2D eigenvalue weighted by Crippen LogP contribution is 2.36. The van der Waals surface area contributed by atoms with Gasteiger partial charge in [0.2, 0.25) is 0 Å². The second-order valence-electron chi connectivity index (χ2n) is 5.03. The normalized spacial score (nSPS) is 11.8. The maximum absolute atomic E-state index is 13.1. The van der Waals surface area contributed by atoms with Crippen molar-refractivity contribution in [2.45, 2.75) is 19.5 Å². The Labute approximate surface area is 126 Å². The molecule has 0 saturated heterocycles. The average Bonchev–Trinajstić information content (AvgIpc) is 2.53. The van der Waals surface area contributed by atoms with Gasteiger partial charge in [-0.2, -0.15) is 13.2 Å². The Kier molecular flexibility index (Phi) is 3.61. The van der Waals surface area contributed by atoms with Gasteiger partial charge in [0, 0.05) is 23.2 Å². The second-order valence-corrected chi connectivity index (χ2v) is 5.03. The number of alkyl halides is 3. The van der Waals surface area contributed by atoms with Gasteiger partial charge in [-0.15, -0.1) is 0 Å². The van der Waals surface area contributed by atoms with E-state index in [4.69, 9.17) is 0 Å². The minimum Gasteiger partial charge on any atom is -0.255 e. The Bertz CT molecular complexity index is 805. The number of aryl methyl sites for hydroxylation is 1. The van der Waals surface area contributed by atoms with E-state index >= 15 is 0 Å². The molecule has 1 aromatic heterocycles. The van der Waals surface area contributed by atoms with Gasteiger partial charge in [-0.25, -0.2) is 0 Å². The third-order valence-electron chi connectivity index (χ3n) is 3.66. The molecule has 111 valence electrons. The third-order valence-corrected chi connectivity index (χ3v) is 3.66. The summed E-state index contributed by atoms with van der Waals surface area (Å²) in [5.41, 5.74) is 1.90. The largest absolute Gasteiger partial charge is 0.418 e. The van der Waals surface area contributed by atoms with Gasteiger partial charge in [0.15, 0.2) is 0 Å². The number of pyridine rings is 1. The van der Waals surface area contributed by atoms with E-state index in [0.29, 0.717) is 10.9 Å². The first-order valence-corrected chi connectivity index (χ1v) is 6.96. The lowest BCUT2D eigenvalue weighted by atomic mass is 9.98. The van der Waals surface area contributed by atoms with Crippen LogP contribution in [0.25, 0.3) is 22.0 Å². The molecule has 0 N–H and O–H groups in total. The van der Waals surface area contributed by atoms with E-state index in [1.807, 2.05) is 24.3 Å². The van der Waals surface area contributed by atoms with Crippen molar-refractivity contribution in [3.8, 4) is 11.1 Å². The molecule has 2 aromatic carbocycles. The quantitative estimate of drug-likeness (QED) is 0.627. The number of hydrogen-bond donors (Lipinski definition) is 0. The van der Waals surface area contributed by atoms with Crippen molar-refractivity contribution in [2.75, 3.05) is 0 Å². The summed E-state index contributed by atoms with van der Waals surface area (Å²) < 4.78 is 39.3. The molecular weight excluding hydrogens is 287 g/mol. The molecule has 0 unspecified atom stereocenters. The van der Waals surface area contributed by atoms with E-state index < -0.39 is 11.7 Å². The molecule has 0 amide bonds. The maximum Gasteiger partial charge on any atom is 0.418 e. The van der Waals surface area contributed by atoms with Crippen molar-refractivity contribution in [1.29, 1.82) is 0 Å². The summed E-state index contributed by atoms with van der Waals surface area (Å²) in [4.78, 5) is 3.89. The lowest BCUT2D eigenvalue weighted by molar-refractivity contribution is -0.136. The van der Waals surface area contributed by atoms with Crippen molar-refractivity contribution in [3.05, 3.63) is 65.9 Å². The van der Waals surface area contributed by atoms with E-state index in [-0.39, 0.29) is 5.52 Å². The molecule has 1 nitrogen and oxygen atoms in total. The van der Waals surface area contributed by atoms with Crippen LogP contribution in [-0.4, -0.2) is 4.98 Å². The second kappa shape index (κ2) is 5.44. The minimum atomic E-state index is -4.42. The van der Waals surface area contributed by atoms with Crippen LogP contribution in [-0.2, 0) is 12.6 Å². The minimum absolute atomic E-state index is 0.0386. The first-order chi connectivity index (χ1) is 10.5. The summed E-state index contributed by atoms with van der Waals surface area (Å²) in [5, 5.41) is 0.460. The molecule has 3 rings (SSSR count). The molecule has 0 aliphatic rings. The highest BCUT2D eigenvalue weighted by Gasteiger charge is 2.33. The number of rotatable bonds is 2. The van der Waals surface area contributed by atoms with Crippen molar-refractivity contribution >= 4 is 10.9 Å². The Morgan fingerprint density at radius 1 is 1.05 bits per heavy atom. The lowest BCUT2D eigenvalue weighted by Crippen LogP contribution is -2.06. The highest BCUT2D eigenvalue weighted by atomic mass is 19.4. The van der Waals surface area contributed by atoms with Gasteiger partial charge in [-0.3, -0.25) is 4.98 Å². The van der Waals surface area contributed by atoms with Crippen LogP contribution in [0.3, 0.4) is 0 Å². The zero-order valence-electron chi connectivity index (χ0n) is 11.9. The number of aromatic nitrogens is 1. The smallest absolute Gasteiger partial charge is 0.255 e. The number of benzene rings is 2. The lowest BCUT2D eigenvalue weighted by Gasteiger charge is -2.12. The van der Waals surface area contributed by atoms with Crippen molar-refractivity contribution < 1.29 is 13.2 Å². The van der Waals surface area contributed by atoms with Crippen LogP contribution in [0, 0.1) is 6.07 Å². The van der Waals surface area contributed by atoms with Gasteiger partial charge in [-0.1, -0.05) is 43.3 Å². The molecule has 0 saturated carbocycles. The predicted molar refractivity (Wildman–Crippen MR) is 80.4 cm³/mol. The first-order valence-electron chi connectivity index (χ1n) is 6.96. The molecule has 1 heterocycles. The molecule has 0 aliphatic carbocycles. The van der Waals surface area contributed by atoms with E-state index in [2.05, 4.69) is 18.0 Å².